The molecule has 0 amide bonds. The average molecular weight is 780 g/mol. The van der Waals surface area contributed by atoms with Gasteiger partial charge in [0.2, 0.25) is 17.6 Å². The third-order valence-corrected chi connectivity index (χ3v) is 11.4. The Morgan fingerprint density at radius 3 is 1.81 bits per heavy atom. The molecule has 2 aliphatic carbocycles. The van der Waals surface area contributed by atoms with E-state index in [1.807, 2.05) is 43.3 Å². The lowest BCUT2D eigenvalue weighted by Crippen LogP contribution is -2.41. The van der Waals surface area contributed by atoms with E-state index in [9.17, 15) is 10.2 Å². The maximum Gasteiger partial charge on any atom is 0.236 e. The molecule has 0 aliphatic heterocycles. The van der Waals surface area contributed by atoms with Gasteiger partial charge in [-0.1, -0.05) is 79.2 Å². The van der Waals surface area contributed by atoms with Crippen molar-refractivity contribution in [3.8, 4) is 34.5 Å². The number of rotatable bonds is 15. The maximum atomic E-state index is 10.4. The Morgan fingerprint density at radius 2 is 1.20 bits per heavy atom. The zero-order valence-corrected chi connectivity index (χ0v) is 33.1. The predicted octanol–water partition coefficient (Wildman–Crippen LogP) is 8.03. The summed E-state index contributed by atoms with van der Waals surface area (Å²) in [6.07, 6.45) is 7.11. The van der Waals surface area contributed by atoms with E-state index in [4.69, 9.17) is 47.1 Å². The van der Waals surface area contributed by atoms with Crippen LogP contribution in [0.4, 0.5) is 0 Å². The van der Waals surface area contributed by atoms with E-state index in [1.54, 1.807) is 14.2 Å². The molecule has 2 saturated carbocycles. The minimum atomic E-state index is -0.353. The molecule has 290 valence electrons. The molecule has 2 aromatic heterocycles. The van der Waals surface area contributed by atoms with Crippen LogP contribution in [-0.4, -0.2) is 58.7 Å². The Kier molecular flexibility index (Phi) is 13.9. The molecule has 54 heavy (non-hydrogen) atoms. The van der Waals surface area contributed by atoms with Crippen LogP contribution in [0.1, 0.15) is 84.9 Å². The van der Waals surface area contributed by atoms with Crippen molar-refractivity contribution in [3.05, 3.63) is 92.1 Å². The van der Waals surface area contributed by atoms with E-state index < -0.39 is 0 Å². The van der Waals surface area contributed by atoms with Crippen LogP contribution in [0.3, 0.4) is 0 Å². The summed E-state index contributed by atoms with van der Waals surface area (Å²) in [5.74, 6) is 1.93. The number of nitrogens with one attached hydrogen (secondary N) is 2. The van der Waals surface area contributed by atoms with Gasteiger partial charge in [-0.3, -0.25) is 0 Å². The van der Waals surface area contributed by atoms with Crippen molar-refractivity contribution in [3.63, 3.8) is 0 Å². The second-order valence-electron chi connectivity index (χ2n) is 14.3. The first kappa shape index (κ1) is 40.0. The van der Waals surface area contributed by atoms with Crippen molar-refractivity contribution < 1.29 is 29.2 Å². The number of aromatic nitrogens is 2. The van der Waals surface area contributed by atoms with Crippen LogP contribution in [-0.2, 0) is 26.3 Å². The fourth-order valence-corrected chi connectivity index (χ4v) is 7.97. The molecule has 4 atom stereocenters. The number of ether oxygens (including phenoxy) is 4. The number of benzene rings is 2. The summed E-state index contributed by atoms with van der Waals surface area (Å²) in [7, 11) is 3.17. The Bertz CT molecular complexity index is 1760. The van der Waals surface area contributed by atoms with Crippen LogP contribution in [0.15, 0.2) is 48.5 Å². The highest BCUT2D eigenvalue weighted by molar-refractivity contribution is 6.32. The first-order valence-electron chi connectivity index (χ1n) is 18.9. The van der Waals surface area contributed by atoms with Crippen molar-refractivity contribution in [2.75, 3.05) is 14.2 Å². The van der Waals surface area contributed by atoms with Crippen LogP contribution < -0.4 is 29.6 Å². The number of nitrogens with zero attached hydrogens (tertiary/aromatic N) is 2. The van der Waals surface area contributed by atoms with E-state index in [0.29, 0.717) is 46.5 Å². The fraction of sp³-hybridized carbons (Fsp3) is 0.476. The lowest BCUT2D eigenvalue weighted by atomic mass is 9.92. The SMILES string of the molecule is COc1nc(COc2cccc(-c3cccc(COc4nc(OC)c(CN[C@@H]5CCCC[C@H]5O)cc4Cl)c3C)c2C)c(Cl)cc1CN[C@@H]1CCCC[C@H]1O. The van der Waals surface area contributed by atoms with Gasteiger partial charge in [-0.15, -0.1) is 0 Å². The number of hydrogen-bond acceptors (Lipinski definition) is 10. The molecule has 0 bridgehead atoms. The second-order valence-corrected chi connectivity index (χ2v) is 15.1. The minimum Gasteiger partial charge on any atom is -0.487 e. The van der Waals surface area contributed by atoms with Gasteiger partial charge in [-0.2, -0.15) is 4.98 Å². The fourth-order valence-electron chi connectivity index (χ4n) is 7.52. The van der Waals surface area contributed by atoms with Gasteiger partial charge in [0.25, 0.3) is 0 Å². The smallest absolute Gasteiger partial charge is 0.236 e. The van der Waals surface area contributed by atoms with Gasteiger partial charge in [-0.25, -0.2) is 4.98 Å². The summed E-state index contributed by atoms with van der Waals surface area (Å²) >= 11 is 13.4. The average Bonchev–Trinajstić information content (AvgIpc) is 3.17. The van der Waals surface area contributed by atoms with Gasteiger partial charge >= 0.3 is 0 Å². The van der Waals surface area contributed by atoms with Crippen LogP contribution in [0.25, 0.3) is 11.1 Å². The maximum absolute atomic E-state index is 10.4. The quantitative estimate of drug-likeness (QED) is 0.0943. The number of methoxy groups -OCH3 is 2. The summed E-state index contributed by atoms with van der Waals surface area (Å²) in [4.78, 5) is 9.29. The molecule has 0 radical (unpaired) electrons. The van der Waals surface area contributed by atoms with E-state index >= 15 is 0 Å². The molecule has 4 aromatic rings. The Morgan fingerprint density at radius 1 is 0.648 bits per heavy atom. The molecule has 10 nitrogen and oxygen atoms in total. The molecule has 2 fully saturated rings. The van der Waals surface area contributed by atoms with E-state index in [1.165, 1.54) is 0 Å². The zero-order valence-electron chi connectivity index (χ0n) is 31.6. The summed E-state index contributed by atoms with van der Waals surface area (Å²) in [6.45, 7) is 5.52. The number of hydrogen-bond donors (Lipinski definition) is 4. The first-order valence-corrected chi connectivity index (χ1v) is 19.6. The molecule has 12 heteroatoms. The number of pyridine rings is 2. The Balaban J connectivity index is 1.12. The van der Waals surface area contributed by atoms with Gasteiger partial charge in [0.15, 0.2) is 0 Å². The summed E-state index contributed by atoms with van der Waals surface area (Å²) in [5.41, 5.74) is 7.34. The molecule has 2 aliphatic rings. The monoisotopic (exact) mass is 778 g/mol. The van der Waals surface area contributed by atoms with Crippen LogP contribution in [0, 0.1) is 13.8 Å². The van der Waals surface area contributed by atoms with Crippen LogP contribution in [0.2, 0.25) is 10.0 Å². The van der Waals surface area contributed by atoms with E-state index in [0.717, 1.165) is 96.1 Å². The standard InChI is InChI=1S/C42H52Cl2N4O6/c1-25-27(23-54-42-33(44)20-29(41(48-42)52-4)22-46-35-15-6-8-17-38(35)50)11-9-12-30(25)31-13-10-18-39(26(31)2)53-24-36-32(43)19-28(40(47-36)51-3)21-45-34-14-5-7-16-37(34)49/h9-13,18-20,34-35,37-38,45-46,49-50H,5-8,14-17,21-24H2,1-4H3/t34-,35-,37-,38-/m1/s1. The molecule has 4 N–H and O–H groups in total. The molecule has 0 unspecified atom stereocenters. The lowest BCUT2D eigenvalue weighted by molar-refractivity contribution is 0.0899. The minimum absolute atomic E-state index is 0.0392. The number of halogens is 2. The lowest BCUT2D eigenvalue weighted by Gasteiger charge is -2.28. The second kappa shape index (κ2) is 18.8. The van der Waals surface area contributed by atoms with Gasteiger partial charge < -0.3 is 39.8 Å². The van der Waals surface area contributed by atoms with Gasteiger partial charge in [0, 0.05) is 36.3 Å². The van der Waals surface area contributed by atoms with Crippen molar-refractivity contribution in [1.82, 2.24) is 20.6 Å². The highest BCUT2D eigenvalue weighted by Crippen LogP contribution is 2.36. The molecule has 2 heterocycles. The first-order chi connectivity index (χ1) is 26.2. The highest BCUT2D eigenvalue weighted by atomic mass is 35.5. The van der Waals surface area contributed by atoms with E-state index in [-0.39, 0.29) is 37.5 Å². The molecular formula is C42H52Cl2N4O6. The summed E-state index contributed by atoms with van der Waals surface area (Å²) in [6, 6.07) is 15.9. The molecule has 2 aromatic carbocycles. The van der Waals surface area contributed by atoms with E-state index in [2.05, 4.69) is 34.7 Å². The Labute approximate surface area is 328 Å². The number of aliphatic hydroxyl groups is 2. The number of aliphatic hydroxyl groups excluding tert-OH is 2. The predicted molar refractivity (Wildman–Crippen MR) is 212 cm³/mol. The molecular weight excluding hydrogens is 727 g/mol. The van der Waals surface area contributed by atoms with Crippen molar-refractivity contribution >= 4 is 23.2 Å². The normalized spacial score (nSPS) is 20.1. The third kappa shape index (κ3) is 9.59. The van der Waals surface area contributed by atoms with Crippen LogP contribution in [0.5, 0.6) is 23.4 Å². The van der Waals surface area contributed by atoms with Gasteiger partial charge in [-0.05, 0) is 85.5 Å². The molecule has 0 saturated heterocycles. The Hall–Kier alpha value is -3.64. The summed E-state index contributed by atoms with van der Waals surface area (Å²) < 4.78 is 23.7. The molecule has 6 rings (SSSR count). The molecule has 0 spiro atoms. The largest absolute Gasteiger partial charge is 0.487 e. The zero-order chi connectivity index (χ0) is 38.2. The van der Waals surface area contributed by atoms with Crippen molar-refractivity contribution in [2.45, 2.75) is 116 Å². The van der Waals surface area contributed by atoms with Crippen molar-refractivity contribution in [2.24, 2.45) is 0 Å². The topological polar surface area (TPSA) is 127 Å². The highest BCUT2D eigenvalue weighted by Gasteiger charge is 2.25. The third-order valence-electron chi connectivity index (χ3n) is 10.8. The summed E-state index contributed by atoms with van der Waals surface area (Å²) in [5, 5.41) is 28.5. The van der Waals surface area contributed by atoms with Crippen LogP contribution >= 0.6 is 23.2 Å². The van der Waals surface area contributed by atoms with Crippen molar-refractivity contribution in [1.29, 1.82) is 0 Å². The van der Waals surface area contributed by atoms with Gasteiger partial charge in [0.1, 0.15) is 29.7 Å². The van der Waals surface area contributed by atoms with Gasteiger partial charge in [0.05, 0.1) is 31.5 Å².